The van der Waals surface area contributed by atoms with Crippen molar-refractivity contribution in [1.82, 2.24) is 5.32 Å². The van der Waals surface area contributed by atoms with Crippen LogP contribution in [0, 0.1) is 5.92 Å². The molecular weight excluding hydrogens is 258 g/mol. The quantitative estimate of drug-likeness (QED) is 0.719. The zero-order chi connectivity index (χ0) is 15.1. The van der Waals surface area contributed by atoms with E-state index >= 15 is 0 Å². The zero-order valence-corrected chi connectivity index (χ0v) is 13.9. The first kappa shape index (κ1) is 16.4. The number of nitrogens with one attached hydrogen (secondary N) is 1. The van der Waals surface area contributed by atoms with Crippen LogP contribution in [0.5, 0.6) is 5.75 Å². The number of hydrogen-bond acceptors (Lipinski definition) is 2. The Bertz CT molecular complexity index is 410. The molecule has 2 nitrogen and oxygen atoms in total. The summed E-state index contributed by atoms with van der Waals surface area (Å²) in [6.45, 7) is 7.38. The maximum atomic E-state index is 6.00. The summed E-state index contributed by atoms with van der Waals surface area (Å²) < 4.78 is 6.00. The van der Waals surface area contributed by atoms with Crippen LogP contribution in [0.15, 0.2) is 24.3 Å². The molecule has 1 aliphatic rings. The highest BCUT2D eigenvalue weighted by Gasteiger charge is 2.20. The van der Waals surface area contributed by atoms with Gasteiger partial charge in [0.05, 0.1) is 6.10 Å². The summed E-state index contributed by atoms with van der Waals surface area (Å²) in [6.07, 6.45) is 8.52. The summed E-state index contributed by atoms with van der Waals surface area (Å²) in [5.74, 6) is 1.99. The SMILES string of the molecule is CCNC(CCC1CCCC1)c1ccccc1OC(C)C. The van der Waals surface area contributed by atoms with Gasteiger partial charge in [-0.15, -0.1) is 0 Å². The van der Waals surface area contributed by atoms with Crippen molar-refractivity contribution in [3.63, 3.8) is 0 Å². The molecule has 1 N–H and O–H groups in total. The summed E-state index contributed by atoms with van der Waals surface area (Å²) in [7, 11) is 0. The van der Waals surface area contributed by atoms with Crippen LogP contribution in [0.1, 0.15) is 70.9 Å². The second-order valence-electron chi connectivity index (χ2n) is 6.54. The van der Waals surface area contributed by atoms with Crippen molar-refractivity contribution in [2.24, 2.45) is 5.92 Å². The molecule has 0 radical (unpaired) electrons. The van der Waals surface area contributed by atoms with E-state index in [1.165, 1.54) is 44.1 Å². The van der Waals surface area contributed by atoms with Crippen molar-refractivity contribution in [2.45, 2.75) is 71.4 Å². The molecule has 0 aromatic heterocycles. The molecule has 2 heteroatoms. The van der Waals surface area contributed by atoms with Crippen LogP contribution in [-0.2, 0) is 0 Å². The van der Waals surface area contributed by atoms with E-state index in [1.54, 1.807) is 0 Å². The van der Waals surface area contributed by atoms with Gasteiger partial charge >= 0.3 is 0 Å². The molecule has 1 aromatic rings. The fraction of sp³-hybridized carbons (Fsp3) is 0.684. The molecule has 1 fully saturated rings. The minimum Gasteiger partial charge on any atom is -0.491 e. The molecule has 0 spiro atoms. The summed E-state index contributed by atoms with van der Waals surface area (Å²) >= 11 is 0. The van der Waals surface area contributed by atoms with Gasteiger partial charge < -0.3 is 10.1 Å². The third-order valence-electron chi connectivity index (χ3n) is 4.45. The maximum Gasteiger partial charge on any atom is 0.124 e. The smallest absolute Gasteiger partial charge is 0.124 e. The van der Waals surface area contributed by atoms with Crippen LogP contribution in [-0.4, -0.2) is 12.6 Å². The topological polar surface area (TPSA) is 21.3 Å². The summed E-state index contributed by atoms with van der Waals surface area (Å²) in [5.41, 5.74) is 1.33. The highest BCUT2D eigenvalue weighted by Crippen LogP contribution is 2.34. The third-order valence-corrected chi connectivity index (χ3v) is 4.45. The molecule has 1 atom stereocenters. The second kappa shape index (κ2) is 8.43. The minimum absolute atomic E-state index is 0.225. The van der Waals surface area contributed by atoms with E-state index in [4.69, 9.17) is 4.74 Å². The molecular formula is C19H31NO. The van der Waals surface area contributed by atoms with Crippen LogP contribution in [0.2, 0.25) is 0 Å². The predicted octanol–water partition coefficient (Wildman–Crippen LogP) is 5.09. The summed E-state index contributed by atoms with van der Waals surface area (Å²) in [4.78, 5) is 0. The molecule has 2 rings (SSSR count). The monoisotopic (exact) mass is 289 g/mol. The third kappa shape index (κ3) is 5.03. The maximum absolute atomic E-state index is 6.00. The van der Waals surface area contributed by atoms with Crippen LogP contribution in [0.3, 0.4) is 0 Å². The van der Waals surface area contributed by atoms with E-state index in [0.29, 0.717) is 6.04 Å². The van der Waals surface area contributed by atoms with Gasteiger partial charge in [-0.2, -0.15) is 0 Å². The number of benzene rings is 1. The van der Waals surface area contributed by atoms with E-state index in [9.17, 15) is 0 Å². The van der Waals surface area contributed by atoms with Crippen molar-refractivity contribution in [2.75, 3.05) is 6.54 Å². The van der Waals surface area contributed by atoms with Crippen molar-refractivity contribution in [1.29, 1.82) is 0 Å². The molecule has 0 bridgehead atoms. The molecule has 0 saturated heterocycles. The van der Waals surface area contributed by atoms with Crippen LogP contribution >= 0.6 is 0 Å². The lowest BCUT2D eigenvalue weighted by Crippen LogP contribution is -2.22. The fourth-order valence-corrected chi connectivity index (χ4v) is 3.44. The molecule has 0 aliphatic heterocycles. The van der Waals surface area contributed by atoms with Gasteiger partial charge in [0.1, 0.15) is 5.75 Å². The van der Waals surface area contributed by atoms with Crippen LogP contribution < -0.4 is 10.1 Å². The highest BCUT2D eigenvalue weighted by molar-refractivity contribution is 5.36. The lowest BCUT2D eigenvalue weighted by Gasteiger charge is -2.23. The lowest BCUT2D eigenvalue weighted by molar-refractivity contribution is 0.236. The van der Waals surface area contributed by atoms with Gasteiger partial charge in [-0.3, -0.25) is 0 Å². The number of para-hydroxylation sites is 1. The van der Waals surface area contributed by atoms with E-state index in [-0.39, 0.29) is 6.10 Å². The molecule has 0 heterocycles. The normalized spacial score (nSPS) is 17.3. The van der Waals surface area contributed by atoms with Gasteiger partial charge in [0, 0.05) is 11.6 Å². The Morgan fingerprint density at radius 1 is 1.19 bits per heavy atom. The van der Waals surface area contributed by atoms with Gasteiger partial charge in [0.2, 0.25) is 0 Å². The average molecular weight is 289 g/mol. The highest BCUT2D eigenvalue weighted by atomic mass is 16.5. The first-order chi connectivity index (χ1) is 10.2. The fourth-order valence-electron chi connectivity index (χ4n) is 3.44. The number of ether oxygens (including phenoxy) is 1. The Morgan fingerprint density at radius 2 is 1.90 bits per heavy atom. The molecule has 1 aliphatic carbocycles. The Morgan fingerprint density at radius 3 is 2.57 bits per heavy atom. The molecule has 1 aromatic carbocycles. The second-order valence-corrected chi connectivity index (χ2v) is 6.54. The molecule has 1 saturated carbocycles. The van der Waals surface area contributed by atoms with Crippen LogP contribution in [0.25, 0.3) is 0 Å². The number of rotatable bonds is 8. The average Bonchev–Trinajstić information content (AvgIpc) is 2.97. The lowest BCUT2D eigenvalue weighted by atomic mass is 9.94. The first-order valence-corrected chi connectivity index (χ1v) is 8.69. The molecule has 1 unspecified atom stereocenters. The van der Waals surface area contributed by atoms with Crippen LogP contribution in [0.4, 0.5) is 0 Å². The zero-order valence-electron chi connectivity index (χ0n) is 13.9. The summed E-state index contributed by atoms with van der Waals surface area (Å²) in [6, 6.07) is 8.95. The van der Waals surface area contributed by atoms with Crippen molar-refractivity contribution in [3.8, 4) is 5.75 Å². The van der Waals surface area contributed by atoms with E-state index < -0.39 is 0 Å². The predicted molar refractivity (Wildman–Crippen MR) is 89.8 cm³/mol. The Hall–Kier alpha value is -1.02. The molecule has 21 heavy (non-hydrogen) atoms. The first-order valence-electron chi connectivity index (χ1n) is 8.69. The van der Waals surface area contributed by atoms with Gasteiger partial charge in [-0.05, 0) is 45.2 Å². The Balaban J connectivity index is 2.05. The van der Waals surface area contributed by atoms with Gasteiger partial charge in [0.15, 0.2) is 0 Å². The van der Waals surface area contributed by atoms with Crippen molar-refractivity contribution in [3.05, 3.63) is 29.8 Å². The van der Waals surface area contributed by atoms with Gasteiger partial charge in [0.25, 0.3) is 0 Å². The van der Waals surface area contributed by atoms with Gasteiger partial charge in [-0.1, -0.05) is 50.8 Å². The van der Waals surface area contributed by atoms with Crippen molar-refractivity contribution >= 4 is 0 Å². The summed E-state index contributed by atoms with van der Waals surface area (Å²) in [5, 5.41) is 3.66. The largest absolute Gasteiger partial charge is 0.491 e. The minimum atomic E-state index is 0.225. The Labute approximate surface area is 130 Å². The van der Waals surface area contributed by atoms with Gasteiger partial charge in [-0.25, -0.2) is 0 Å². The van der Waals surface area contributed by atoms with E-state index in [1.807, 2.05) is 0 Å². The van der Waals surface area contributed by atoms with E-state index in [2.05, 4.69) is 50.4 Å². The number of hydrogen-bond donors (Lipinski definition) is 1. The standard InChI is InChI=1S/C19H31NO/c1-4-20-18(14-13-16-9-5-6-10-16)17-11-7-8-12-19(17)21-15(2)3/h7-8,11-12,15-16,18,20H,4-6,9-10,13-14H2,1-3H3. The molecule has 118 valence electrons. The molecule has 0 amide bonds. The Kier molecular flexibility index (Phi) is 6.56. The van der Waals surface area contributed by atoms with E-state index in [0.717, 1.165) is 18.2 Å². The van der Waals surface area contributed by atoms with Crippen molar-refractivity contribution < 1.29 is 4.74 Å².